The summed E-state index contributed by atoms with van der Waals surface area (Å²) in [6.07, 6.45) is 5.40. The number of aromatic nitrogens is 1. The van der Waals surface area contributed by atoms with Gasteiger partial charge in [-0.1, -0.05) is 0 Å². The topological polar surface area (TPSA) is 34.6 Å². The van der Waals surface area contributed by atoms with Gasteiger partial charge in [-0.15, -0.1) is 0 Å². The smallest absolute Gasteiger partial charge is 0.128 e. The molecular weight excluding hydrogens is 320 g/mol. The average Bonchev–Trinajstić information content (AvgIpc) is 2.47. The van der Waals surface area contributed by atoms with Crippen molar-refractivity contribution in [3.63, 3.8) is 0 Å². The number of piperidine rings is 1. The Morgan fingerprint density at radius 3 is 2.75 bits per heavy atom. The normalized spacial score (nSPS) is 16.6. The molecule has 0 amide bonds. The van der Waals surface area contributed by atoms with Crippen LogP contribution < -0.4 is 4.90 Å². The van der Waals surface area contributed by atoms with Crippen LogP contribution in [0.15, 0.2) is 16.7 Å². The molecule has 0 aliphatic carbocycles. The summed E-state index contributed by atoms with van der Waals surface area (Å²) in [6.45, 7) is 5.71. The molecule has 5 heteroatoms. The zero-order chi connectivity index (χ0) is 14.4. The third kappa shape index (κ3) is 4.43. The highest BCUT2D eigenvalue weighted by molar-refractivity contribution is 9.10. The lowest BCUT2D eigenvalue weighted by Crippen LogP contribution is -2.37. The molecular formula is C15H23BrN2O2. The quantitative estimate of drug-likeness (QED) is 0.743. The number of hydrogen-bond acceptors (Lipinski definition) is 4. The van der Waals surface area contributed by atoms with Crippen molar-refractivity contribution in [1.82, 2.24) is 4.98 Å². The Bertz CT molecular complexity index is 420. The molecule has 0 bridgehead atoms. The molecule has 1 fully saturated rings. The Kier molecular flexibility index (Phi) is 6.26. The number of aryl methyl sites for hydroxylation is 1. The number of pyridine rings is 1. The Balaban J connectivity index is 1.77. The minimum Gasteiger partial charge on any atom is -0.385 e. The minimum absolute atomic E-state index is 0.389. The van der Waals surface area contributed by atoms with Gasteiger partial charge >= 0.3 is 0 Å². The Hall–Kier alpha value is -0.650. The zero-order valence-electron chi connectivity index (χ0n) is 12.3. The molecule has 0 aromatic carbocycles. The molecule has 1 aromatic heterocycles. The van der Waals surface area contributed by atoms with Crippen LogP contribution in [0.3, 0.4) is 0 Å². The molecule has 2 rings (SSSR count). The van der Waals surface area contributed by atoms with Gasteiger partial charge in [-0.05, 0) is 53.7 Å². The van der Waals surface area contributed by atoms with Crippen molar-refractivity contribution in [3.8, 4) is 0 Å². The summed E-state index contributed by atoms with van der Waals surface area (Å²) in [4.78, 5) is 6.84. The van der Waals surface area contributed by atoms with Crippen molar-refractivity contribution in [3.05, 3.63) is 22.3 Å². The van der Waals surface area contributed by atoms with Crippen molar-refractivity contribution in [1.29, 1.82) is 0 Å². The van der Waals surface area contributed by atoms with E-state index in [1.807, 2.05) is 6.20 Å². The zero-order valence-corrected chi connectivity index (χ0v) is 13.9. The predicted octanol–water partition coefficient (Wildman–Crippen LogP) is 3.17. The SMILES string of the molecule is COCCCOC1CCN(c2cc(C)c(Br)cn2)CC1. The number of halogens is 1. The van der Waals surface area contributed by atoms with Crippen molar-refractivity contribution in [2.24, 2.45) is 0 Å². The maximum absolute atomic E-state index is 5.88. The fourth-order valence-corrected chi connectivity index (χ4v) is 2.62. The Morgan fingerprint density at radius 2 is 2.10 bits per heavy atom. The number of nitrogens with zero attached hydrogens (tertiary/aromatic N) is 2. The molecule has 0 saturated carbocycles. The van der Waals surface area contributed by atoms with Crippen LogP contribution >= 0.6 is 15.9 Å². The molecule has 20 heavy (non-hydrogen) atoms. The van der Waals surface area contributed by atoms with Crippen molar-refractivity contribution in [2.75, 3.05) is 38.3 Å². The van der Waals surface area contributed by atoms with Crippen LogP contribution in [0.25, 0.3) is 0 Å². The fraction of sp³-hybridized carbons (Fsp3) is 0.667. The van der Waals surface area contributed by atoms with Gasteiger partial charge in [0.1, 0.15) is 5.82 Å². The molecule has 1 aliphatic heterocycles. The summed E-state index contributed by atoms with van der Waals surface area (Å²) in [7, 11) is 1.73. The second-order valence-electron chi connectivity index (χ2n) is 5.20. The molecule has 0 N–H and O–H groups in total. The number of methoxy groups -OCH3 is 1. The summed E-state index contributed by atoms with van der Waals surface area (Å²) >= 11 is 3.49. The molecule has 4 nitrogen and oxygen atoms in total. The van der Waals surface area contributed by atoms with Gasteiger partial charge in [0.15, 0.2) is 0 Å². The van der Waals surface area contributed by atoms with Gasteiger partial charge < -0.3 is 14.4 Å². The van der Waals surface area contributed by atoms with Crippen molar-refractivity contribution < 1.29 is 9.47 Å². The van der Waals surface area contributed by atoms with Gasteiger partial charge in [-0.3, -0.25) is 0 Å². The second-order valence-corrected chi connectivity index (χ2v) is 6.05. The number of hydrogen-bond donors (Lipinski definition) is 0. The molecule has 0 spiro atoms. The van der Waals surface area contributed by atoms with Crippen LogP contribution in [-0.4, -0.2) is 44.5 Å². The standard InChI is InChI=1S/C15H23BrN2O2/c1-12-10-15(17-11-14(12)16)18-6-4-13(5-7-18)20-9-3-8-19-2/h10-11,13H,3-9H2,1-2H3. The first kappa shape index (κ1) is 15.7. The van der Waals surface area contributed by atoms with Gasteiger partial charge in [-0.2, -0.15) is 0 Å². The monoisotopic (exact) mass is 342 g/mol. The highest BCUT2D eigenvalue weighted by Gasteiger charge is 2.20. The van der Waals surface area contributed by atoms with Crippen LogP contribution in [0.2, 0.25) is 0 Å². The highest BCUT2D eigenvalue weighted by atomic mass is 79.9. The predicted molar refractivity (Wildman–Crippen MR) is 84.4 cm³/mol. The summed E-state index contributed by atoms with van der Waals surface area (Å²) < 4.78 is 12.0. The fourth-order valence-electron chi connectivity index (χ4n) is 2.40. The lowest BCUT2D eigenvalue weighted by Gasteiger charge is -2.33. The second kappa shape index (κ2) is 7.96. The minimum atomic E-state index is 0.389. The van der Waals surface area contributed by atoms with Gasteiger partial charge in [-0.25, -0.2) is 4.98 Å². The molecule has 1 saturated heterocycles. The third-order valence-electron chi connectivity index (χ3n) is 3.64. The molecule has 1 aliphatic rings. The van der Waals surface area contributed by atoms with Crippen LogP contribution in [0.5, 0.6) is 0 Å². The number of anilines is 1. The highest BCUT2D eigenvalue weighted by Crippen LogP contribution is 2.23. The summed E-state index contributed by atoms with van der Waals surface area (Å²) in [5.41, 5.74) is 1.23. The molecule has 1 aromatic rings. The molecule has 112 valence electrons. The van der Waals surface area contributed by atoms with E-state index in [4.69, 9.17) is 9.47 Å². The first-order valence-corrected chi connectivity index (χ1v) is 7.97. The maximum atomic E-state index is 5.88. The van der Waals surface area contributed by atoms with E-state index in [0.717, 1.165) is 55.9 Å². The Labute approximate surface area is 129 Å². The van der Waals surface area contributed by atoms with Crippen LogP contribution in [0.1, 0.15) is 24.8 Å². The van der Waals surface area contributed by atoms with E-state index in [-0.39, 0.29) is 0 Å². The van der Waals surface area contributed by atoms with Crippen LogP contribution in [0.4, 0.5) is 5.82 Å². The van der Waals surface area contributed by atoms with Crippen molar-refractivity contribution >= 4 is 21.7 Å². The van der Waals surface area contributed by atoms with E-state index in [1.165, 1.54) is 5.56 Å². The molecule has 2 heterocycles. The lowest BCUT2D eigenvalue weighted by molar-refractivity contribution is 0.0257. The maximum Gasteiger partial charge on any atom is 0.128 e. The first-order chi connectivity index (χ1) is 9.70. The van der Waals surface area contributed by atoms with E-state index in [9.17, 15) is 0 Å². The van der Waals surface area contributed by atoms with E-state index in [1.54, 1.807) is 7.11 Å². The molecule has 0 unspecified atom stereocenters. The van der Waals surface area contributed by atoms with Gasteiger partial charge in [0.05, 0.1) is 6.10 Å². The van der Waals surface area contributed by atoms with Crippen LogP contribution in [-0.2, 0) is 9.47 Å². The van der Waals surface area contributed by atoms with Crippen molar-refractivity contribution in [2.45, 2.75) is 32.3 Å². The van der Waals surface area contributed by atoms with Gasteiger partial charge in [0.2, 0.25) is 0 Å². The first-order valence-electron chi connectivity index (χ1n) is 7.18. The third-order valence-corrected chi connectivity index (χ3v) is 4.47. The Morgan fingerprint density at radius 1 is 1.35 bits per heavy atom. The largest absolute Gasteiger partial charge is 0.385 e. The number of rotatable bonds is 6. The van der Waals surface area contributed by atoms with Gasteiger partial charge in [0, 0.05) is 44.1 Å². The molecule has 0 radical (unpaired) electrons. The summed E-state index contributed by atoms with van der Waals surface area (Å²) in [5, 5.41) is 0. The van der Waals surface area contributed by atoms with E-state index in [2.05, 4.69) is 38.8 Å². The number of ether oxygens (including phenoxy) is 2. The summed E-state index contributed by atoms with van der Waals surface area (Å²) in [5.74, 6) is 1.07. The van der Waals surface area contributed by atoms with E-state index in [0.29, 0.717) is 6.10 Å². The summed E-state index contributed by atoms with van der Waals surface area (Å²) in [6, 6.07) is 2.14. The van der Waals surface area contributed by atoms with Crippen LogP contribution in [0, 0.1) is 6.92 Å². The van der Waals surface area contributed by atoms with E-state index < -0.39 is 0 Å². The molecule has 0 atom stereocenters. The lowest BCUT2D eigenvalue weighted by atomic mass is 10.1. The average molecular weight is 343 g/mol. The van der Waals surface area contributed by atoms with E-state index >= 15 is 0 Å². The van der Waals surface area contributed by atoms with Gasteiger partial charge in [0.25, 0.3) is 0 Å².